The van der Waals surface area contributed by atoms with E-state index in [2.05, 4.69) is 5.32 Å². The number of esters is 1. The predicted molar refractivity (Wildman–Crippen MR) is 110 cm³/mol. The van der Waals surface area contributed by atoms with E-state index in [1.54, 1.807) is 20.8 Å². The van der Waals surface area contributed by atoms with E-state index in [4.69, 9.17) is 9.47 Å². The lowest BCUT2D eigenvalue weighted by atomic mass is 9.97. The van der Waals surface area contributed by atoms with Gasteiger partial charge in [-0.2, -0.15) is 0 Å². The Kier molecular flexibility index (Phi) is 6.90. The third-order valence-electron chi connectivity index (χ3n) is 3.87. The molecule has 0 radical (unpaired) electrons. The highest BCUT2D eigenvalue weighted by atomic mass is 16.6. The number of ether oxygens (including phenoxy) is 2. The molecule has 0 bridgehead atoms. The minimum absolute atomic E-state index is 0.0607. The SMILES string of the molecule is CC(=O)Oc1cccc(-c2ccc([N+](=O)[O-])cc2[N+](=O)[O-])c1CNC(=O)OC(C)(C)C. The first kappa shape index (κ1) is 23.3. The average molecular weight is 431 g/mol. The number of carbonyl (C=O) groups excluding carboxylic acids is 2. The van der Waals surface area contributed by atoms with Crippen LogP contribution in [0.2, 0.25) is 0 Å². The van der Waals surface area contributed by atoms with Gasteiger partial charge < -0.3 is 14.8 Å². The summed E-state index contributed by atoms with van der Waals surface area (Å²) in [6, 6.07) is 7.71. The van der Waals surface area contributed by atoms with Crippen LogP contribution in [0.1, 0.15) is 33.3 Å². The van der Waals surface area contributed by atoms with Gasteiger partial charge in [0.15, 0.2) is 0 Å². The molecule has 0 saturated carbocycles. The van der Waals surface area contributed by atoms with Crippen LogP contribution in [-0.4, -0.2) is 27.5 Å². The Morgan fingerprint density at radius 2 is 1.71 bits per heavy atom. The van der Waals surface area contributed by atoms with Gasteiger partial charge in [-0.15, -0.1) is 0 Å². The van der Waals surface area contributed by atoms with Gasteiger partial charge in [-0.1, -0.05) is 12.1 Å². The van der Waals surface area contributed by atoms with Crippen LogP contribution in [0.3, 0.4) is 0 Å². The molecule has 0 aromatic heterocycles. The Balaban J connectivity index is 2.57. The van der Waals surface area contributed by atoms with E-state index >= 15 is 0 Å². The second kappa shape index (κ2) is 9.20. The minimum Gasteiger partial charge on any atom is -0.444 e. The number of nitro groups is 2. The van der Waals surface area contributed by atoms with Crippen LogP contribution in [0.4, 0.5) is 16.2 Å². The number of nitrogens with zero attached hydrogens (tertiary/aromatic N) is 2. The number of carbonyl (C=O) groups is 2. The zero-order valence-corrected chi connectivity index (χ0v) is 17.3. The third-order valence-corrected chi connectivity index (χ3v) is 3.87. The number of amides is 1. The fourth-order valence-corrected chi connectivity index (χ4v) is 2.74. The first-order valence-corrected chi connectivity index (χ1v) is 9.09. The summed E-state index contributed by atoms with van der Waals surface area (Å²) in [6.45, 7) is 6.06. The van der Waals surface area contributed by atoms with Gasteiger partial charge in [0.25, 0.3) is 11.4 Å². The fraction of sp³-hybridized carbons (Fsp3) is 0.300. The molecule has 0 aliphatic heterocycles. The Hall–Kier alpha value is -4.02. The molecule has 0 spiro atoms. The molecule has 1 amide bonds. The zero-order chi connectivity index (χ0) is 23.3. The van der Waals surface area contributed by atoms with E-state index in [0.717, 1.165) is 12.1 Å². The summed E-state index contributed by atoms with van der Waals surface area (Å²) in [5.41, 5.74) is -1.12. The normalized spacial score (nSPS) is 10.8. The number of nitro benzene ring substituents is 2. The molecule has 0 aliphatic rings. The Bertz CT molecular complexity index is 1040. The van der Waals surface area contributed by atoms with Crippen molar-refractivity contribution in [3.05, 3.63) is 62.2 Å². The molecule has 0 heterocycles. The molecule has 164 valence electrons. The van der Waals surface area contributed by atoms with E-state index in [1.807, 2.05) is 0 Å². The number of benzene rings is 2. The fourth-order valence-electron chi connectivity index (χ4n) is 2.74. The lowest BCUT2D eigenvalue weighted by Crippen LogP contribution is -2.32. The van der Waals surface area contributed by atoms with Crippen LogP contribution in [-0.2, 0) is 16.1 Å². The summed E-state index contributed by atoms with van der Waals surface area (Å²) in [7, 11) is 0. The molecule has 0 atom stereocenters. The highest BCUT2D eigenvalue weighted by Gasteiger charge is 2.24. The molecular weight excluding hydrogens is 410 g/mol. The van der Waals surface area contributed by atoms with Crippen LogP contribution < -0.4 is 10.1 Å². The van der Waals surface area contributed by atoms with Gasteiger partial charge in [0.1, 0.15) is 11.4 Å². The molecular formula is C20H21N3O8. The topological polar surface area (TPSA) is 151 Å². The molecule has 2 aromatic rings. The van der Waals surface area contributed by atoms with Crippen LogP contribution >= 0.6 is 0 Å². The van der Waals surface area contributed by atoms with E-state index in [0.29, 0.717) is 0 Å². The van der Waals surface area contributed by atoms with Crippen LogP contribution in [0, 0.1) is 20.2 Å². The maximum Gasteiger partial charge on any atom is 0.407 e. The van der Waals surface area contributed by atoms with Gasteiger partial charge in [-0.3, -0.25) is 25.0 Å². The Labute approximate surface area is 177 Å². The first-order valence-electron chi connectivity index (χ1n) is 9.09. The van der Waals surface area contributed by atoms with Crippen molar-refractivity contribution in [1.82, 2.24) is 5.32 Å². The number of hydrogen-bond donors (Lipinski definition) is 1. The van der Waals surface area contributed by atoms with Crippen molar-refractivity contribution in [2.45, 2.75) is 39.8 Å². The molecule has 0 saturated heterocycles. The molecule has 1 N–H and O–H groups in total. The minimum atomic E-state index is -0.751. The molecule has 31 heavy (non-hydrogen) atoms. The Morgan fingerprint density at radius 1 is 1.03 bits per heavy atom. The van der Waals surface area contributed by atoms with Crippen molar-refractivity contribution in [1.29, 1.82) is 0 Å². The number of alkyl carbamates (subject to hydrolysis) is 1. The van der Waals surface area contributed by atoms with E-state index < -0.39 is 38.9 Å². The lowest BCUT2D eigenvalue weighted by molar-refractivity contribution is -0.393. The summed E-state index contributed by atoms with van der Waals surface area (Å²) >= 11 is 0. The summed E-state index contributed by atoms with van der Waals surface area (Å²) in [5.74, 6) is -0.553. The number of rotatable bonds is 6. The molecule has 2 aromatic carbocycles. The monoisotopic (exact) mass is 431 g/mol. The average Bonchev–Trinajstić information content (AvgIpc) is 2.64. The number of nitrogens with one attached hydrogen (secondary N) is 1. The van der Waals surface area contributed by atoms with Gasteiger partial charge in [-0.25, -0.2) is 4.79 Å². The van der Waals surface area contributed by atoms with Gasteiger partial charge in [0, 0.05) is 18.6 Å². The second-order valence-electron chi connectivity index (χ2n) is 7.45. The largest absolute Gasteiger partial charge is 0.444 e. The molecule has 0 aliphatic carbocycles. The van der Waals surface area contributed by atoms with Crippen LogP contribution in [0.25, 0.3) is 11.1 Å². The molecule has 2 rings (SSSR count). The van der Waals surface area contributed by atoms with E-state index in [1.165, 1.54) is 31.2 Å². The maximum atomic E-state index is 12.1. The smallest absolute Gasteiger partial charge is 0.407 e. The summed E-state index contributed by atoms with van der Waals surface area (Å²) in [4.78, 5) is 44.7. The van der Waals surface area contributed by atoms with Gasteiger partial charge in [0.05, 0.1) is 28.0 Å². The van der Waals surface area contributed by atoms with Gasteiger partial charge >= 0.3 is 12.1 Å². The number of non-ortho nitro benzene ring substituents is 1. The first-order chi connectivity index (χ1) is 14.4. The molecule has 11 heteroatoms. The standard InChI is InChI=1S/C20H21N3O8/c1-12(24)30-18-7-5-6-14(16(18)11-21-19(25)31-20(2,3)4)15-9-8-13(22(26)27)10-17(15)23(28)29/h5-10H,11H2,1-4H3,(H,21,25). The van der Waals surface area contributed by atoms with Crippen molar-refractivity contribution in [2.24, 2.45) is 0 Å². The van der Waals surface area contributed by atoms with Crippen molar-refractivity contribution in [2.75, 3.05) is 0 Å². The van der Waals surface area contributed by atoms with Crippen molar-refractivity contribution in [3.8, 4) is 16.9 Å². The van der Waals surface area contributed by atoms with E-state index in [9.17, 15) is 29.8 Å². The molecule has 0 unspecified atom stereocenters. The quantitative estimate of drug-likeness (QED) is 0.310. The van der Waals surface area contributed by atoms with Crippen LogP contribution in [0.15, 0.2) is 36.4 Å². The highest BCUT2D eigenvalue weighted by molar-refractivity contribution is 5.81. The van der Waals surface area contributed by atoms with Crippen LogP contribution in [0.5, 0.6) is 5.75 Å². The Morgan fingerprint density at radius 3 is 2.26 bits per heavy atom. The molecule has 11 nitrogen and oxygen atoms in total. The third kappa shape index (κ3) is 6.23. The summed E-state index contributed by atoms with van der Waals surface area (Å²) in [6.07, 6.45) is -0.741. The lowest BCUT2D eigenvalue weighted by Gasteiger charge is -2.20. The molecule has 0 fully saturated rings. The summed E-state index contributed by atoms with van der Waals surface area (Å²) < 4.78 is 10.4. The van der Waals surface area contributed by atoms with Crippen molar-refractivity contribution >= 4 is 23.4 Å². The van der Waals surface area contributed by atoms with Crippen molar-refractivity contribution in [3.63, 3.8) is 0 Å². The van der Waals surface area contributed by atoms with E-state index in [-0.39, 0.29) is 29.0 Å². The predicted octanol–water partition coefficient (Wildman–Crippen LogP) is 4.12. The van der Waals surface area contributed by atoms with Crippen molar-refractivity contribution < 1.29 is 28.9 Å². The zero-order valence-electron chi connectivity index (χ0n) is 17.3. The number of hydrogen-bond acceptors (Lipinski definition) is 8. The highest BCUT2D eigenvalue weighted by Crippen LogP contribution is 2.38. The summed E-state index contributed by atoms with van der Waals surface area (Å²) in [5, 5.41) is 25.1. The van der Waals surface area contributed by atoms with Gasteiger partial charge in [-0.05, 0) is 38.5 Å². The second-order valence-corrected chi connectivity index (χ2v) is 7.45. The maximum absolute atomic E-state index is 12.1. The van der Waals surface area contributed by atoms with Gasteiger partial charge in [0.2, 0.25) is 0 Å².